The van der Waals surface area contributed by atoms with E-state index in [9.17, 15) is 19.8 Å². The van der Waals surface area contributed by atoms with Gasteiger partial charge in [0.25, 0.3) is 0 Å². The van der Waals surface area contributed by atoms with Crippen molar-refractivity contribution >= 4 is 11.9 Å². The Morgan fingerprint density at radius 1 is 0.482 bits per heavy atom. The average molecular weight is 788 g/mol. The Labute approximate surface area is 347 Å². The molecule has 1 amide bonds. The van der Waals surface area contributed by atoms with Crippen LogP contribution in [0.5, 0.6) is 0 Å². The van der Waals surface area contributed by atoms with Gasteiger partial charge in [-0.1, -0.05) is 192 Å². The lowest BCUT2D eigenvalue weighted by Gasteiger charge is -2.20. The third-order valence-electron chi connectivity index (χ3n) is 10.9. The second-order valence-corrected chi connectivity index (χ2v) is 16.4. The van der Waals surface area contributed by atoms with Gasteiger partial charge in [-0.05, 0) is 77.0 Å². The molecule has 0 spiro atoms. The lowest BCUT2D eigenvalue weighted by atomic mass is 10.0. The molecule has 0 aliphatic carbocycles. The normalized spacial score (nSPS) is 13.0. The molecule has 0 aliphatic heterocycles. The van der Waals surface area contributed by atoms with Crippen molar-refractivity contribution < 1.29 is 24.5 Å². The number of hydrogen-bond donors (Lipinski definition) is 3. The first-order valence-electron chi connectivity index (χ1n) is 24.3. The molecule has 0 aliphatic rings. The van der Waals surface area contributed by atoms with Crippen molar-refractivity contribution in [1.82, 2.24) is 5.32 Å². The number of aliphatic hydroxyl groups excluding tert-OH is 2. The van der Waals surface area contributed by atoms with Crippen molar-refractivity contribution in [3.8, 4) is 0 Å². The molecule has 0 aromatic heterocycles. The molecule has 0 fully saturated rings. The Balaban J connectivity index is 3.53. The minimum atomic E-state index is -0.853. The summed E-state index contributed by atoms with van der Waals surface area (Å²) in [4.78, 5) is 24.3. The number of carbonyl (C=O) groups is 2. The van der Waals surface area contributed by atoms with E-state index in [0.29, 0.717) is 19.4 Å². The van der Waals surface area contributed by atoms with Gasteiger partial charge >= 0.3 is 5.97 Å². The fraction of sp³-hybridized carbons (Fsp3) is 0.840. The summed E-state index contributed by atoms with van der Waals surface area (Å²) < 4.78 is 5.42. The van der Waals surface area contributed by atoms with E-state index in [1.165, 1.54) is 148 Å². The largest absolute Gasteiger partial charge is 0.466 e. The maximum atomic E-state index is 12.4. The molecule has 56 heavy (non-hydrogen) atoms. The molecule has 0 bridgehead atoms. The topological polar surface area (TPSA) is 95.9 Å². The third-order valence-corrected chi connectivity index (χ3v) is 10.9. The third kappa shape index (κ3) is 41.7. The Bertz CT molecular complexity index is 915. The maximum absolute atomic E-state index is 12.4. The highest BCUT2D eigenvalue weighted by molar-refractivity contribution is 5.76. The van der Waals surface area contributed by atoms with Crippen LogP contribution in [0.25, 0.3) is 0 Å². The average Bonchev–Trinajstić information content (AvgIpc) is 3.20. The molecule has 0 rings (SSSR count). The molecular weight excluding hydrogens is 695 g/mol. The van der Waals surface area contributed by atoms with Crippen LogP contribution >= 0.6 is 0 Å². The molecular formula is C50H93NO5. The fourth-order valence-electron chi connectivity index (χ4n) is 7.08. The standard InChI is InChI=1S/C50H93NO5/c1-3-5-7-9-11-13-15-19-23-26-30-34-38-42-48(53)47(46-52)51-49(54)43-39-35-31-27-24-20-17-16-18-21-25-29-33-37-41-45-56-50(55)44-40-36-32-28-22-14-12-10-8-6-4-2/h10,12,18,21,38,42,47-48,52-53H,3-9,11,13-17,19-20,22-37,39-41,43-46H2,1-2H3,(H,51,54)/b12-10-,21-18-,42-38+. The van der Waals surface area contributed by atoms with Crippen LogP contribution in [-0.4, -0.2) is 47.4 Å². The van der Waals surface area contributed by atoms with Crippen LogP contribution in [0.15, 0.2) is 36.5 Å². The van der Waals surface area contributed by atoms with E-state index < -0.39 is 12.1 Å². The zero-order chi connectivity index (χ0) is 40.8. The summed E-state index contributed by atoms with van der Waals surface area (Å²) in [5.74, 6) is -0.108. The number of aliphatic hydroxyl groups is 2. The van der Waals surface area contributed by atoms with Crippen LogP contribution in [0.4, 0.5) is 0 Å². The minimum absolute atomic E-state index is 0.0233. The highest BCUT2D eigenvalue weighted by Gasteiger charge is 2.18. The summed E-state index contributed by atoms with van der Waals surface area (Å²) >= 11 is 0. The molecule has 0 aromatic carbocycles. The molecule has 6 nitrogen and oxygen atoms in total. The van der Waals surface area contributed by atoms with E-state index in [0.717, 1.165) is 70.6 Å². The first-order valence-corrected chi connectivity index (χ1v) is 24.3. The Morgan fingerprint density at radius 2 is 0.857 bits per heavy atom. The predicted octanol–water partition coefficient (Wildman–Crippen LogP) is 14.1. The molecule has 3 N–H and O–H groups in total. The van der Waals surface area contributed by atoms with Crippen LogP contribution in [-0.2, 0) is 14.3 Å². The van der Waals surface area contributed by atoms with Gasteiger partial charge in [-0.25, -0.2) is 0 Å². The van der Waals surface area contributed by atoms with Gasteiger partial charge in [-0.15, -0.1) is 0 Å². The van der Waals surface area contributed by atoms with Crippen molar-refractivity contribution in [2.75, 3.05) is 13.2 Å². The lowest BCUT2D eigenvalue weighted by molar-refractivity contribution is -0.143. The zero-order valence-electron chi connectivity index (χ0n) is 37.1. The zero-order valence-corrected chi connectivity index (χ0v) is 37.1. The van der Waals surface area contributed by atoms with Gasteiger partial charge in [0.15, 0.2) is 0 Å². The summed E-state index contributed by atoms with van der Waals surface area (Å²) in [6.45, 7) is 4.81. The van der Waals surface area contributed by atoms with E-state index in [2.05, 4.69) is 43.5 Å². The quantitative estimate of drug-likeness (QED) is 0.0325. The second kappa shape index (κ2) is 45.8. The summed E-state index contributed by atoms with van der Waals surface area (Å²) in [5, 5.41) is 23.0. The minimum Gasteiger partial charge on any atom is -0.466 e. The number of allylic oxidation sites excluding steroid dienone is 5. The Morgan fingerprint density at radius 3 is 1.32 bits per heavy atom. The van der Waals surface area contributed by atoms with Crippen molar-refractivity contribution in [3.63, 3.8) is 0 Å². The number of nitrogens with one attached hydrogen (secondary N) is 1. The highest BCUT2D eigenvalue weighted by atomic mass is 16.5. The fourth-order valence-corrected chi connectivity index (χ4v) is 7.08. The van der Waals surface area contributed by atoms with Crippen LogP contribution in [0.2, 0.25) is 0 Å². The highest BCUT2D eigenvalue weighted by Crippen LogP contribution is 2.14. The number of unbranched alkanes of at least 4 members (excludes halogenated alkanes) is 29. The van der Waals surface area contributed by atoms with Crippen molar-refractivity contribution in [2.24, 2.45) is 0 Å². The van der Waals surface area contributed by atoms with Crippen LogP contribution in [0.1, 0.15) is 245 Å². The van der Waals surface area contributed by atoms with Gasteiger partial charge in [0.05, 0.1) is 25.4 Å². The van der Waals surface area contributed by atoms with Crippen LogP contribution in [0, 0.1) is 0 Å². The number of ether oxygens (including phenoxy) is 1. The first kappa shape index (κ1) is 54.1. The van der Waals surface area contributed by atoms with Crippen LogP contribution in [0.3, 0.4) is 0 Å². The molecule has 0 radical (unpaired) electrons. The van der Waals surface area contributed by atoms with E-state index in [1.807, 2.05) is 6.08 Å². The van der Waals surface area contributed by atoms with Crippen molar-refractivity contribution in [1.29, 1.82) is 0 Å². The lowest BCUT2D eigenvalue weighted by Crippen LogP contribution is -2.45. The van der Waals surface area contributed by atoms with Crippen LogP contribution < -0.4 is 5.32 Å². The van der Waals surface area contributed by atoms with Gasteiger partial charge in [0.2, 0.25) is 5.91 Å². The van der Waals surface area contributed by atoms with E-state index >= 15 is 0 Å². The van der Waals surface area contributed by atoms with Crippen molar-refractivity contribution in [3.05, 3.63) is 36.5 Å². The Hall–Kier alpha value is -1.92. The first-order chi connectivity index (χ1) is 27.5. The smallest absolute Gasteiger partial charge is 0.305 e. The van der Waals surface area contributed by atoms with E-state index in [4.69, 9.17) is 4.74 Å². The van der Waals surface area contributed by atoms with Crippen molar-refractivity contribution in [2.45, 2.75) is 257 Å². The summed E-state index contributed by atoms with van der Waals surface area (Å²) in [6, 6.07) is -0.638. The number of rotatable bonds is 44. The predicted molar refractivity (Wildman–Crippen MR) is 241 cm³/mol. The number of carbonyl (C=O) groups excluding carboxylic acids is 2. The SMILES string of the molecule is CCCC/C=C\CCCCCCCC(=O)OCCCCCC/C=C\CCCCCCCCCC(=O)NC(CO)C(O)/C=C/CCCCCCCCCCCCC. The number of hydrogen-bond acceptors (Lipinski definition) is 5. The second-order valence-electron chi connectivity index (χ2n) is 16.4. The number of amides is 1. The van der Waals surface area contributed by atoms with E-state index in [1.54, 1.807) is 6.08 Å². The summed E-state index contributed by atoms with van der Waals surface area (Å²) in [5.41, 5.74) is 0. The van der Waals surface area contributed by atoms with Gasteiger partial charge in [0, 0.05) is 12.8 Å². The monoisotopic (exact) mass is 788 g/mol. The Kier molecular flexibility index (Phi) is 44.2. The molecule has 6 heteroatoms. The van der Waals surface area contributed by atoms with Gasteiger partial charge in [-0.3, -0.25) is 9.59 Å². The molecule has 0 saturated carbocycles. The van der Waals surface area contributed by atoms with Gasteiger partial charge < -0.3 is 20.3 Å². The molecule has 328 valence electrons. The molecule has 2 unspecified atom stereocenters. The molecule has 0 saturated heterocycles. The molecule has 0 aromatic rings. The summed E-state index contributed by atoms with van der Waals surface area (Å²) in [7, 11) is 0. The van der Waals surface area contributed by atoms with E-state index in [-0.39, 0.29) is 18.5 Å². The maximum Gasteiger partial charge on any atom is 0.305 e. The van der Waals surface area contributed by atoms with Gasteiger partial charge in [-0.2, -0.15) is 0 Å². The van der Waals surface area contributed by atoms with Gasteiger partial charge in [0.1, 0.15) is 0 Å². The molecule has 0 heterocycles. The number of esters is 1. The molecule has 2 atom stereocenters. The summed E-state index contributed by atoms with van der Waals surface area (Å²) in [6.07, 6.45) is 54.2.